The summed E-state index contributed by atoms with van der Waals surface area (Å²) in [5.41, 5.74) is 1.01. The summed E-state index contributed by atoms with van der Waals surface area (Å²) >= 11 is 0. The molecule has 0 aliphatic carbocycles. The summed E-state index contributed by atoms with van der Waals surface area (Å²) in [4.78, 5) is 25.9. The van der Waals surface area contributed by atoms with Crippen LogP contribution in [0, 0.1) is 11.8 Å². The molecule has 8 nitrogen and oxygen atoms in total. The van der Waals surface area contributed by atoms with Gasteiger partial charge in [0.05, 0.1) is 18.2 Å². The smallest absolute Gasteiger partial charge is 0.224 e. The van der Waals surface area contributed by atoms with Crippen molar-refractivity contribution in [2.45, 2.75) is 58.5 Å². The Morgan fingerprint density at radius 1 is 1.26 bits per heavy atom. The van der Waals surface area contributed by atoms with Gasteiger partial charge in [0.25, 0.3) is 0 Å². The van der Waals surface area contributed by atoms with E-state index in [0.29, 0.717) is 25.0 Å². The second kappa shape index (κ2) is 7.96. The van der Waals surface area contributed by atoms with Crippen LogP contribution in [0.3, 0.4) is 0 Å². The van der Waals surface area contributed by atoms with Crippen LogP contribution in [0.5, 0.6) is 0 Å². The van der Waals surface area contributed by atoms with Crippen LogP contribution in [-0.4, -0.2) is 63.9 Å². The number of amides is 2. The molecular weight excluding hydrogens is 344 g/mol. The van der Waals surface area contributed by atoms with E-state index in [0.717, 1.165) is 38.2 Å². The van der Waals surface area contributed by atoms with E-state index in [2.05, 4.69) is 52.8 Å². The molecule has 2 N–H and O–H groups in total. The van der Waals surface area contributed by atoms with Gasteiger partial charge in [-0.05, 0) is 25.3 Å². The molecule has 0 radical (unpaired) electrons. The maximum absolute atomic E-state index is 12.5. The minimum atomic E-state index is -0.0716. The lowest BCUT2D eigenvalue weighted by atomic mass is 9.75. The van der Waals surface area contributed by atoms with E-state index >= 15 is 0 Å². The van der Waals surface area contributed by atoms with Gasteiger partial charge in [-0.25, -0.2) is 0 Å². The molecule has 150 valence electrons. The number of hydrogen-bond acceptors (Lipinski definition) is 5. The van der Waals surface area contributed by atoms with Gasteiger partial charge in [0.1, 0.15) is 0 Å². The van der Waals surface area contributed by atoms with Crippen molar-refractivity contribution in [2.75, 3.05) is 26.2 Å². The lowest BCUT2D eigenvalue weighted by Crippen LogP contribution is -2.58. The third-order valence-electron chi connectivity index (χ3n) is 5.72. The molecule has 3 aliphatic heterocycles. The Balaban J connectivity index is 1.52. The highest BCUT2D eigenvalue weighted by molar-refractivity contribution is 5.79. The second-order valence-corrected chi connectivity index (χ2v) is 8.89. The second-order valence-electron chi connectivity index (χ2n) is 8.89. The molecule has 3 saturated heterocycles. The van der Waals surface area contributed by atoms with Crippen molar-refractivity contribution < 1.29 is 9.59 Å². The third-order valence-corrected chi connectivity index (χ3v) is 5.72. The number of rotatable bonds is 6. The summed E-state index contributed by atoms with van der Waals surface area (Å²) in [7, 11) is 0. The van der Waals surface area contributed by atoms with E-state index in [1.165, 1.54) is 6.92 Å². The van der Waals surface area contributed by atoms with Crippen LogP contribution in [0.1, 0.15) is 46.2 Å². The minimum Gasteiger partial charge on any atom is -0.355 e. The SMILES string of the molecule is CC(=O)NCCNC(=O)[C@@H]1CN2CC[C@H]1C[C@@H]2Cn1cc(C(C)(C)C)nn1. The van der Waals surface area contributed by atoms with Crippen molar-refractivity contribution in [3.05, 3.63) is 11.9 Å². The fourth-order valence-electron chi connectivity index (χ4n) is 4.13. The van der Waals surface area contributed by atoms with Gasteiger partial charge in [0.15, 0.2) is 0 Å². The van der Waals surface area contributed by atoms with Gasteiger partial charge in [0, 0.05) is 44.2 Å². The molecule has 0 spiro atoms. The quantitative estimate of drug-likeness (QED) is 0.707. The molecule has 4 heterocycles. The van der Waals surface area contributed by atoms with Gasteiger partial charge in [-0.1, -0.05) is 26.0 Å². The number of nitrogens with zero attached hydrogens (tertiary/aromatic N) is 4. The number of piperidine rings is 3. The third kappa shape index (κ3) is 4.86. The Hall–Kier alpha value is -1.96. The van der Waals surface area contributed by atoms with Gasteiger partial charge in [-0.3, -0.25) is 19.2 Å². The lowest BCUT2D eigenvalue weighted by Gasteiger charge is -2.49. The molecule has 8 heteroatoms. The van der Waals surface area contributed by atoms with E-state index in [-0.39, 0.29) is 23.1 Å². The molecule has 4 rings (SSSR count). The zero-order valence-electron chi connectivity index (χ0n) is 16.9. The van der Waals surface area contributed by atoms with Crippen molar-refractivity contribution in [3.8, 4) is 0 Å². The number of nitrogens with one attached hydrogen (secondary N) is 2. The Morgan fingerprint density at radius 2 is 2.00 bits per heavy atom. The maximum atomic E-state index is 12.5. The normalized spacial score (nSPS) is 27.4. The number of fused-ring (bicyclic) bond motifs is 3. The Labute approximate surface area is 161 Å². The largest absolute Gasteiger partial charge is 0.355 e. The Kier molecular flexibility index (Phi) is 5.83. The number of carbonyl (C=O) groups is 2. The van der Waals surface area contributed by atoms with Crippen LogP contribution in [-0.2, 0) is 21.5 Å². The van der Waals surface area contributed by atoms with Crippen molar-refractivity contribution in [1.82, 2.24) is 30.5 Å². The first-order valence-electron chi connectivity index (χ1n) is 9.91. The standard InChI is InChI=1S/C19H32N6O2/c1-13(26)20-6-7-21-18(27)16-11-24-8-5-14(16)9-15(24)10-25-12-17(22-23-25)19(2,3)4/h12,14-16H,5-11H2,1-4H3,(H,20,26)(H,21,27)/t14-,15+,16+/m0/s1. The van der Waals surface area contributed by atoms with Crippen molar-refractivity contribution >= 4 is 11.8 Å². The van der Waals surface area contributed by atoms with Gasteiger partial charge in [-0.15, -0.1) is 5.10 Å². The van der Waals surface area contributed by atoms with Crippen molar-refractivity contribution in [2.24, 2.45) is 11.8 Å². The molecule has 27 heavy (non-hydrogen) atoms. The lowest BCUT2D eigenvalue weighted by molar-refractivity contribution is -0.133. The molecule has 2 bridgehead atoms. The summed E-state index contributed by atoms with van der Waals surface area (Å²) in [6.07, 6.45) is 4.15. The Bertz CT molecular complexity index is 680. The van der Waals surface area contributed by atoms with Crippen LogP contribution in [0.2, 0.25) is 0 Å². The molecule has 0 saturated carbocycles. The maximum Gasteiger partial charge on any atom is 0.224 e. The molecule has 1 aromatic rings. The number of carbonyl (C=O) groups excluding carboxylic acids is 2. The molecule has 0 aromatic carbocycles. The molecule has 1 aromatic heterocycles. The van der Waals surface area contributed by atoms with E-state index in [1.807, 2.05) is 4.68 Å². The van der Waals surface area contributed by atoms with Gasteiger partial charge in [-0.2, -0.15) is 0 Å². The zero-order valence-corrected chi connectivity index (χ0v) is 16.9. The van der Waals surface area contributed by atoms with Gasteiger partial charge < -0.3 is 10.6 Å². The van der Waals surface area contributed by atoms with E-state index in [4.69, 9.17) is 0 Å². The van der Waals surface area contributed by atoms with Crippen LogP contribution in [0.15, 0.2) is 6.20 Å². The zero-order chi connectivity index (χ0) is 19.6. The Morgan fingerprint density at radius 3 is 2.59 bits per heavy atom. The van der Waals surface area contributed by atoms with Crippen LogP contribution in [0.25, 0.3) is 0 Å². The predicted molar refractivity (Wildman–Crippen MR) is 102 cm³/mol. The summed E-state index contributed by atoms with van der Waals surface area (Å²) in [5.74, 6) is 0.515. The van der Waals surface area contributed by atoms with Crippen LogP contribution in [0.4, 0.5) is 0 Å². The first-order valence-corrected chi connectivity index (χ1v) is 9.91. The predicted octanol–water partition coefficient (Wildman–Crippen LogP) is 0.538. The minimum absolute atomic E-state index is 0.00450. The molecule has 4 atom stereocenters. The highest BCUT2D eigenvalue weighted by Gasteiger charge is 2.43. The average Bonchev–Trinajstić information content (AvgIpc) is 3.08. The van der Waals surface area contributed by atoms with Gasteiger partial charge in [0.2, 0.25) is 11.8 Å². The van der Waals surface area contributed by atoms with Crippen LogP contribution < -0.4 is 10.6 Å². The van der Waals surface area contributed by atoms with E-state index < -0.39 is 0 Å². The summed E-state index contributed by atoms with van der Waals surface area (Å²) in [6, 6.07) is 0.418. The van der Waals surface area contributed by atoms with Crippen molar-refractivity contribution in [3.63, 3.8) is 0 Å². The monoisotopic (exact) mass is 376 g/mol. The average molecular weight is 377 g/mol. The molecule has 3 fully saturated rings. The molecule has 3 aliphatic rings. The van der Waals surface area contributed by atoms with Crippen molar-refractivity contribution in [1.29, 1.82) is 0 Å². The highest BCUT2D eigenvalue weighted by Crippen LogP contribution is 2.37. The van der Waals surface area contributed by atoms with Crippen LogP contribution >= 0.6 is 0 Å². The first kappa shape index (κ1) is 19.8. The summed E-state index contributed by atoms with van der Waals surface area (Å²) in [6.45, 7) is 11.6. The molecule has 1 unspecified atom stereocenters. The fourth-order valence-corrected chi connectivity index (χ4v) is 4.13. The number of hydrogen-bond donors (Lipinski definition) is 2. The summed E-state index contributed by atoms with van der Waals surface area (Å²) in [5, 5.41) is 14.3. The van der Waals surface area contributed by atoms with Gasteiger partial charge >= 0.3 is 0 Å². The molecular formula is C19H32N6O2. The fraction of sp³-hybridized carbons (Fsp3) is 0.789. The summed E-state index contributed by atoms with van der Waals surface area (Å²) < 4.78 is 1.95. The highest BCUT2D eigenvalue weighted by atomic mass is 16.2. The topological polar surface area (TPSA) is 92.2 Å². The number of aromatic nitrogens is 3. The molecule has 2 amide bonds. The van der Waals surface area contributed by atoms with E-state index in [9.17, 15) is 9.59 Å². The van der Waals surface area contributed by atoms with E-state index in [1.54, 1.807) is 0 Å². The first-order chi connectivity index (χ1) is 12.7.